The molecule has 0 N–H and O–H groups in total. The van der Waals surface area contributed by atoms with Crippen LogP contribution in [0.3, 0.4) is 0 Å². The van der Waals surface area contributed by atoms with Gasteiger partial charge in [0.05, 0.1) is 0 Å². The summed E-state index contributed by atoms with van der Waals surface area (Å²) >= 11 is 0. The SMILES string of the molecule is C=CC(CCCCC)C(=O)[O-]. The monoisotopic (exact) mass is 155 g/mol. The Morgan fingerprint density at radius 1 is 1.64 bits per heavy atom. The Bertz CT molecular complexity index is 130. The Balaban J connectivity index is 3.52. The zero-order chi connectivity index (χ0) is 8.69. The fraction of sp³-hybridized carbons (Fsp3) is 0.667. The highest BCUT2D eigenvalue weighted by Crippen LogP contribution is 2.09. The molecule has 0 aromatic carbocycles. The van der Waals surface area contributed by atoms with E-state index in [1.807, 2.05) is 0 Å². The maximum atomic E-state index is 10.3. The number of carboxylic acids is 1. The molecule has 64 valence electrons. The van der Waals surface area contributed by atoms with Crippen molar-refractivity contribution >= 4 is 5.97 Å². The number of aliphatic carboxylic acids is 1. The fourth-order valence-corrected chi connectivity index (χ4v) is 0.946. The fourth-order valence-electron chi connectivity index (χ4n) is 0.946. The van der Waals surface area contributed by atoms with E-state index in [2.05, 4.69) is 13.5 Å². The van der Waals surface area contributed by atoms with Crippen LogP contribution in [0.1, 0.15) is 32.6 Å². The van der Waals surface area contributed by atoms with E-state index < -0.39 is 11.9 Å². The largest absolute Gasteiger partial charge is 0.550 e. The molecular weight excluding hydrogens is 140 g/mol. The third kappa shape index (κ3) is 4.59. The van der Waals surface area contributed by atoms with Crippen LogP contribution in [0.2, 0.25) is 0 Å². The number of rotatable bonds is 6. The molecule has 0 rings (SSSR count). The summed E-state index contributed by atoms with van der Waals surface area (Å²) in [5, 5.41) is 10.3. The summed E-state index contributed by atoms with van der Waals surface area (Å²) in [7, 11) is 0. The van der Waals surface area contributed by atoms with Crippen molar-refractivity contribution in [3.05, 3.63) is 12.7 Å². The molecule has 0 aromatic heterocycles. The van der Waals surface area contributed by atoms with Crippen LogP contribution < -0.4 is 5.11 Å². The van der Waals surface area contributed by atoms with E-state index >= 15 is 0 Å². The minimum Gasteiger partial charge on any atom is -0.550 e. The molecule has 0 amide bonds. The molecule has 0 fully saturated rings. The van der Waals surface area contributed by atoms with Crippen LogP contribution in [-0.2, 0) is 4.79 Å². The van der Waals surface area contributed by atoms with Gasteiger partial charge >= 0.3 is 0 Å². The van der Waals surface area contributed by atoms with Crippen LogP contribution in [0.5, 0.6) is 0 Å². The molecule has 0 aromatic rings. The van der Waals surface area contributed by atoms with Crippen LogP contribution >= 0.6 is 0 Å². The average molecular weight is 155 g/mol. The Morgan fingerprint density at radius 3 is 2.64 bits per heavy atom. The minimum atomic E-state index is -1.00. The lowest BCUT2D eigenvalue weighted by Crippen LogP contribution is -2.29. The smallest absolute Gasteiger partial charge is 0.0482 e. The summed E-state index contributed by atoms with van der Waals surface area (Å²) in [5.74, 6) is -1.46. The Labute approximate surface area is 67.9 Å². The maximum absolute atomic E-state index is 10.3. The molecule has 0 bridgehead atoms. The maximum Gasteiger partial charge on any atom is 0.0482 e. The summed E-state index contributed by atoms with van der Waals surface area (Å²) in [6.07, 6.45) is 5.25. The van der Waals surface area contributed by atoms with Crippen molar-refractivity contribution in [3.8, 4) is 0 Å². The van der Waals surface area contributed by atoms with Gasteiger partial charge in [-0.25, -0.2) is 0 Å². The third-order valence-corrected chi connectivity index (χ3v) is 1.71. The summed E-state index contributed by atoms with van der Waals surface area (Å²) in [6.45, 7) is 5.53. The zero-order valence-electron chi connectivity index (χ0n) is 7.01. The standard InChI is InChI=1S/C9H16O2/c1-3-5-6-7-8(4-2)9(10)11/h4,8H,2-3,5-7H2,1H3,(H,10,11)/p-1. The van der Waals surface area contributed by atoms with Crippen molar-refractivity contribution in [3.63, 3.8) is 0 Å². The van der Waals surface area contributed by atoms with Crippen LogP contribution in [0.4, 0.5) is 0 Å². The van der Waals surface area contributed by atoms with Gasteiger partial charge in [-0.15, -0.1) is 6.58 Å². The van der Waals surface area contributed by atoms with Gasteiger partial charge in [-0.3, -0.25) is 0 Å². The molecule has 0 aliphatic carbocycles. The van der Waals surface area contributed by atoms with Crippen molar-refractivity contribution in [1.29, 1.82) is 0 Å². The lowest BCUT2D eigenvalue weighted by molar-refractivity contribution is -0.309. The van der Waals surface area contributed by atoms with Crippen molar-refractivity contribution in [2.45, 2.75) is 32.6 Å². The predicted molar refractivity (Wildman–Crippen MR) is 42.8 cm³/mol. The van der Waals surface area contributed by atoms with E-state index in [9.17, 15) is 9.90 Å². The molecule has 0 aliphatic heterocycles. The quantitative estimate of drug-likeness (QED) is 0.426. The van der Waals surface area contributed by atoms with Crippen molar-refractivity contribution in [1.82, 2.24) is 0 Å². The van der Waals surface area contributed by atoms with Crippen molar-refractivity contribution in [2.24, 2.45) is 5.92 Å². The Kier molecular flexibility index (Phi) is 5.53. The van der Waals surface area contributed by atoms with Gasteiger partial charge < -0.3 is 9.90 Å². The van der Waals surface area contributed by atoms with Gasteiger partial charge in [0, 0.05) is 11.9 Å². The molecular formula is C9H15O2-. The van der Waals surface area contributed by atoms with Gasteiger partial charge in [0.2, 0.25) is 0 Å². The molecule has 1 unspecified atom stereocenters. The van der Waals surface area contributed by atoms with Crippen LogP contribution in [-0.4, -0.2) is 5.97 Å². The predicted octanol–water partition coefficient (Wildman–Crippen LogP) is 1.12. The number of carboxylic acid groups (broad SMARTS) is 1. The number of carbonyl (C=O) groups excluding carboxylic acids is 1. The van der Waals surface area contributed by atoms with Gasteiger partial charge in [-0.05, 0) is 6.42 Å². The highest BCUT2D eigenvalue weighted by Gasteiger charge is 2.02. The summed E-state index contributed by atoms with van der Waals surface area (Å²) in [6, 6.07) is 0. The van der Waals surface area contributed by atoms with Gasteiger partial charge in [-0.1, -0.05) is 32.3 Å². The first-order valence-electron chi connectivity index (χ1n) is 4.05. The number of unbranched alkanes of at least 4 members (excludes halogenated alkanes) is 2. The second-order valence-corrected chi connectivity index (χ2v) is 2.66. The van der Waals surface area contributed by atoms with Gasteiger partial charge in [-0.2, -0.15) is 0 Å². The molecule has 0 saturated heterocycles. The van der Waals surface area contributed by atoms with Crippen LogP contribution in [0.25, 0.3) is 0 Å². The first-order valence-corrected chi connectivity index (χ1v) is 4.05. The molecule has 0 aliphatic rings. The van der Waals surface area contributed by atoms with Gasteiger partial charge in [0.15, 0.2) is 0 Å². The number of hydrogen-bond acceptors (Lipinski definition) is 2. The number of carbonyl (C=O) groups is 1. The molecule has 0 heterocycles. The van der Waals surface area contributed by atoms with Crippen LogP contribution in [0, 0.1) is 5.92 Å². The van der Waals surface area contributed by atoms with E-state index in [0.717, 1.165) is 19.3 Å². The van der Waals surface area contributed by atoms with Crippen LogP contribution in [0.15, 0.2) is 12.7 Å². The summed E-state index contributed by atoms with van der Waals surface area (Å²) in [5.41, 5.74) is 0. The molecule has 0 saturated carbocycles. The second kappa shape index (κ2) is 5.96. The zero-order valence-corrected chi connectivity index (χ0v) is 7.01. The molecule has 11 heavy (non-hydrogen) atoms. The van der Waals surface area contributed by atoms with Crippen molar-refractivity contribution in [2.75, 3.05) is 0 Å². The molecule has 0 spiro atoms. The normalized spacial score (nSPS) is 12.5. The lowest BCUT2D eigenvalue weighted by atomic mass is 10.0. The Morgan fingerprint density at radius 2 is 2.27 bits per heavy atom. The molecule has 2 heteroatoms. The van der Waals surface area contributed by atoms with Crippen molar-refractivity contribution < 1.29 is 9.90 Å². The van der Waals surface area contributed by atoms with E-state index in [0.29, 0.717) is 6.42 Å². The molecule has 2 nitrogen and oxygen atoms in total. The van der Waals surface area contributed by atoms with E-state index in [-0.39, 0.29) is 0 Å². The number of hydrogen-bond donors (Lipinski definition) is 0. The van der Waals surface area contributed by atoms with E-state index in [1.54, 1.807) is 0 Å². The highest BCUT2D eigenvalue weighted by molar-refractivity contribution is 5.69. The molecule has 1 atom stereocenters. The van der Waals surface area contributed by atoms with Gasteiger partial charge in [0.25, 0.3) is 0 Å². The van der Waals surface area contributed by atoms with E-state index in [1.165, 1.54) is 6.08 Å². The topological polar surface area (TPSA) is 40.1 Å². The highest BCUT2D eigenvalue weighted by atomic mass is 16.4. The van der Waals surface area contributed by atoms with Gasteiger partial charge in [0.1, 0.15) is 0 Å². The lowest BCUT2D eigenvalue weighted by Gasteiger charge is -2.12. The second-order valence-electron chi connectivity index (χ2n) is 2.66. The molecule has 0 radical (unpaired) electrons. The summed E-state index contributed by atoms with van der Waals surface area (Å²) in [4.78, 5) is 10.3. The minimum absolute atomic E-state index is 0.457. The first kappa shape index (κ1) is 10.2. The average Bonchev–Trinajstić information content (AvgIpc) is 1.97. The third-order valence-electron chi connectivity index (χ3n) is 1.71. The Hall–Kier alpha value is -0.790. The first-order chi connectivity index (χ1) is 5.22. The van der Waals surface area contributed by atoms with E-state index in [4.69, 9.17) is 0 Å². The summed E-state index contributed by atoms with van der Waals surface area (Å²) < 4.78 is 0.